The Morgan fingerprint density at radius 3 is 2.73 bits per heavy atom. The van der Waals surface area contributed by atoms with Gasteiger partial charge < -0.3 is 19.6 Å². The van der Waals surface area contributed by atoms with E-state index in [1.165, 1.54) is 34.7 Å². The average Bonchev–Trinajstić information content (AvgIpc) is 3.54. The topological polar surface area (TPSA) is 114 Å². The van der Waals surface area contributed by atoms with Gasteiger partial charge in [0.2, 0.25) is 0 Å². The van der Waals surface area contributed by atoms with Gasteiger partial charge in [0, 0.05) is 11.2 Å². The predicted octanol–water partition coefficient (Wildman–Crippen LogP) is 7.74. The first-order valence-corrected chi connectivity index (χ1v) is 13.4. The number of furan rings is 1. The molecule has 0 bridgehead atoms. The highest BCUT2D eigenvalue weighted by atomic mass is 35.5. The van der Waals surface area contributed by atoms with Gasteiger partial charge in [0.15, 0.2) is 16.6 Å². The average molecular weight is 582 g/mol. The molecular weight excluding hydrogens is 557 g/mol. The van der Waals surface area contributed by atoms with E-state index in [0.717, 1.165) is 0 Å². The molecule has 1 amide bonds. The number of carboxylic acid groups (broad SMARTS) is 1. The van der Waals surface area contributed by atoms with Crippen molar-refractivity contribution >= 4 is 50.9 Å². The molecule has 0 atom stereocenters. The lowest BCUT2D eigenvalue weighted by molar-refractivity contribution is 0.0908. The molecule has 40 heavy (non-hydrogen) atoms. The number of nitrogens with zero attached hydrogens (tertiary/aromatic N) is 4. The van der Waals surface area contributed by atoms with Gasteiger partial charge in [-0.05, 0) is 68.8 Å². The first-order valence-electron chi connectivity index (χ1n) is 12.2. The monoisotopic (exact) mass is 581 g/mol. The molecule has 0 spiro atoms. The predicted molar refractivity (Wildman–Crippen MR) is 152 cm³/mol. The molecule has 5 rings (SSSR count). The summed E-state index contributed by atoms with van der Waals surface area (Å²) in [6.45, 7) is 5.77. The molecular formula is C28H25ClFN5O4S. The summed E-state index contributed by atoms with van der Waals surface area (Å²) in [6, 6.07) is 14.9. The Morgan fingerprint density at radius 1 is 1.18 bits per heavy atom. The third-order valence-electron chi connectivity index (χ3n) is 5.90. The standard InChI is InChI=1S/C28H25ClFN5O4S/c1-28(2,3)35(27(36)37)13-19-8-10-22(39-19)25-34-23-24(31-15-32-26(23)40-25)33-18-7-9-21(20(29)12-18)38-14-16-5-4-6-17(30)11-16/h4-12,15H,13-14H2,1-3H3,(H,36,37)(H,31,32,33). The van der Waals surface area contributed by atoms with Crippen molar-refractivity contribution in [1.29, 1.82) is 0 Å². The molecule has 0 radical (unpaired) electrons. The van der Waals surface area contributed by atoms with Crippen LogP contribution in [-0.2, 0) is 13.2 Å². The van der Waals surface area contributed by atoms with Gasteiger partial charge in [0.25, 0.3) is 0 Å². The summed E-state index contributed by atoms with van der Waals surface area (Å²) in [7, 11) is 0. The number of amides is 1. The molecule has 0 saturated carbocycles. The number of aromatic nitrogens is 3. The zero-order valence-corrected chi connectivity index (χ0v) is 23.4. The minimum Gasteiger partial charge on any atom is -0.487 e. The van der Waals surface area contributed by atoms with Crippen molar-refractivity contribution in [2.75, 3.05) is 5.32 Å². The fraction of sp³-hybridized carbons (Fsp3) is 0.214. The molecule has 0 unspecified atom stereocenters. The Labute approximate surface area is 238 Å². The zero-order valence-electron chi connectivity index (χ0n) is 21.8. The molecule has 0 aliphatic rings. The van der Waals surface area contributed by atoms with Gasteiger partial charge in [0.1, 0.15) is 40.6 Å². The first-order chi connectivity index (χ1) is 19.1. The van der Waals surface area contributed by atoms with Gasteiger partial charge in [-0.1, -0.05) is 35.1 Å². The maximum absolute atomic E-state index is 13.4. The fourth-order valence-corrected chi connectivity index (χ4v) is 5.00. The maximum Gasteiger partial charge on any atom is 0.408 e. The van der Waals surface area contributed by atoms with Crippen LogP contribution in [-0.4, -0.2) is 36.6 Å². The highest BCUT2D eigenvalue weighted by Gasteiger charge is 2.27. The van der Waals surface area contributed by atoms with Crippen molar-refractivity contribution in [3.8, 4) is 16.5 Å². The molecule has 3 heterocycles. The largest absolute Gasteiger partial charge is 0.487 e. The molecule has 2 aromatic carbocycles. The van der Waals surface area contributed by atoms with E-state index in [2.05, 4.69) is 20.3 Å². The number of halogens is 2. The van der Waals surface area contributed by atoms with E-state index in [9.17, 15) is 14.3 Å². The van der Waals surface area contributed by atoms with Crippen LogP contribution in [0.5, 0.6) is 5.75 Å². The van der Waals surface area contributed by atoms with Crippen LogP contribution < -0.4 is 10.1 Å². The third kappa shape index (κ3) is 6.16. The fourth-order valence-electron chi connectivity index (χ4n) is 3.90. The molecule has 9 nitrogen and oxygen atoms in total. The Bertz CT molecular complexity index is 1680. The van der Waals surface area contributed by atoms with Crippen LogP contribution in [0.3, 0.4) is 0 Å². The van der Waals surface area contributed by atoms with Crippen LogP contribution in [0.25, 0.3) is 21.1 Å². The lowest BCUT2D eigenvalue weighted by atomic mass is 10.1. The maximum atomic E-state index is 13.4. The van der Waals surface area contributed by atoms with Crippen LogP contribution in [0.1, 0.15) is 32.1 Å². The van der Waals surface area contributed by atoms with Crippen molar-refractivity contribution in [1.82, 2.24) is 19.9 Å². The van der Waals surface area contributed by atoms with Crippen LogP contribution >= 0.6 is 22.9 Å². The molecule has 0 aliphatic heterocycles. The molecule has 0 fully saturated rings. The number of benzene rings is 2. The molecule has 0 aliphatic carbocycles. The number of nitrogens with one attached hydrogen (secondary N) is 1. The summed E-state index contributed by atoms with van der Waals surface area (Å²) in [5, 5.41) is 13.8. The Morgan fingerprint density at radius 2 is 2.00 bits per heavy atom. The smallest absolute Gasteiger partial charge is 0.408 e. The summed E-state index contributed by atoms with van der Waals surface area (Å²) >= 11 is 7.78. The number of anilines is 2. The molecule has 2 N–H and O–H groups in total. The second-order valence-electron chi connectivity index (χ2n) is 9.89. The minimum atomic E-state index is -1.03. The molecule has 12 heteroatoms. The van der Waals surface area contributed by atoms with E-state index < -0.39 is 11.6 Å². The quantitative estimate of drug-likeness (QED) is 0.191. The molecule has 0 saturated heterocycles. The number of carbonyl (C=O) groups is 1. The second kappa shape index (κ2) is 11.1. The summed E-state index contributed by atoms with van der Waals surface area (Å²) in [5.41, 5.74) is 1.32. The number of fused-ring (bicyclic) bond motifs is 1. The Hall–Kier alpha value is -4.22. The normalized spacial score (nSPS) is 11.5. The zero-order chi connectivity index (χ0) is 28.4. The van der Waals surface area contributed by atoms with E-state index in [0.29, 0.717) is 54.7 Å². The summed E-state index contributed by atoms with van der Waals surface area (Å²) < 4.78 is 25.1. The van der Waals surface area contributed by atoms with Crippen LogP contribution in [0.2, 0.25) is 5.02 Å². The van der Waals surface area contributed by atoms with E-state index in [1.807, 2.05) is 20.8 Å². The number of hydrogen-bond donors (Lipinski definition) is 2. The van der Waals surface area contributed by atoms with Crippen LogP contribution in [0.15, 0.2) is 65.3 Å². The van der Waals surface area contributed by atoms with E-state index in [1.54, 1.807) is 42.5 Å². The highest BCUT2D eigenvalue weighted by molar-refractivity contribution is 7.21. The molecule has 206 valence electrons. The second-order valence-corrected chi connectivity index (χ2v) is 11.3. The summed E-state index contributed by atoms with van der Waals surface area (Å²) in [4.78, 5) is 27.0. The van der Waals surface area contributed by atoms with Gasteiger partial charge in [0.05, 0.1) is 11.6 Å². The Kier molecular flexibility index (Phi) is 7.59. The lowest BCUT2D eigenvalue weighted by Gasteiger charge is -2.32. The van der Waals surface area contributed by atoms with Gasteiger partial charge in [-0.15, -0.1) is 0 Å². The van der Waals surface area contributed by atoms with Crippen molar-refractivity contribution in [3.63, 3.8) is 0 Å². The van der Waals surface area contributed by atoms with Crippen LogP contribution in [0.4, 0.5) is 20.7 Å². The minimum absolute atomic E-state index is 0.110. The van der Waals surface area contributed by atoms with E-state index in [4.69, 9.17) is 20.8 Å². The lowest BCUT2D eigenvalue weighted by Crippen LogP contribution is -2.44. The van der Waals surface area contributed by atoms with Gasteiger partial charge in [-0.25, -0.2) is 24.1 Å². The number of rotatable bonds is 8. The number of hydrogen-bond acceptors (Lipinski definition) is 8. The van der Waals surface area contributed by atoms with Gasteiger partial charge >= 0.3 is 6.09 Å². The number of ether oxygens (including phenoxy) is 1. The van der Waals surface area contributed by atoms with Gasteiger partial charge in [-0.3, -0.25) is 4.90 Å². The summed E-state index contributed by atoms with van der Waals surface area (Å²) in [5.74, 6) is 1.62. The van der Waals surface area contributed by atoms with Crippen molar-refractivity contribution < 1.29 is 23.4 Å². The molecule has 5 aromatic rings. The molecule has 3 aromatic heterocycles. The van der Waals surface area contributed by atoms with Crippen molar-refractivity contribution in [2.45, 2.75) is 39.5 Å². The van der Waals surface area contributed by atoms with Gasteiger partial charge in [-0.2, -0.15) is 0 Å². The third-order valence-corrected chi connectivity index (χ3v) is 7.17. The van der Waals surface area contributed by atoms with E-state index in [-0.39, 0.29) is 19.0 Å². The number of thiazole rings is 1. The van der Waals surface area contributed by atoms with E-state index >= 15 is 0 Å². The summed E-state index contributed by atoms with van der Waals surface area (Å²) in [6.07, 6.45) is 0.412. The SMILES string of the molecule is CC(C)(C)N(Cc1ccc(-c2nc3c(Nc4ccc(OCc5cccc(F)c5)c(Cl)c4)ncnc3s2)o1)C(=O)O. The first kappa shape index (κ1) is 27.4. The highest BCUT2D eigenvalue weighted by Crippen LogP contribution is 2.35. The van der Waals surface area contributed by atoms with Crippen molar-refractivity contribution in [3.05, 3.63) is 83.1 Å². The van der Waals surface area contributed by atoms with Crippen molar-refractivity contribution in [2.24, 2.45) is 0 Å². The van der Waals surface area contributed by atoms with Crippen LogP contribution in [0, 0.1) is 5.82 Å². The Balaban J connectivity index is 1.32.